The second kappa shape index (κ2) is 7.19. The maximum Gasteiger partial charge on any atom is 0.287 e. The van der Waals surface area contributed by atoms with E-state index in [-0.39, 0.29) is 27.4 Å². The molecule has 0 radical (unpaired) electrons. The number of nitrogens with zero attached hydrogens (tertiary/aromatic N) is 4. The molecule has 0 spiro atoms. The van der Waals surface area contributed by atoms with Crippen molar-refractivity contribution in [1.29, 1.82) is 0 Å². The van der Waals surface area contributed by atoms with E-state index in [2.05, 4.69) is 36.2 Å². The molecule has 12 nitrogen and oxygen atoms in total. The van der Waals surface area contributed by atoms with E-state index in [0.717, 1.165) is 10.9 Å². The molecular weight excluding hydrogens is 446 g/mol. The van der Waals surface area contributed by atoms with Crippen LogP contribution in [0.3, 0.4) is 0 Å². The van der Waals surface area contributed by atoms with Gasteiger partial charge in [-0.25, -0.2) is 13.1 Å². The zero-order chi connectivity index (χ0) is 20.7. The van der Waals surface area contributed by atoms with Gasteiger partial charge in [-0.2, -0.15) is 5.10 Å². The topological polar surface area (TPSA) is 151 Å². The molecule has 0 saturated carbocycles. The third-order valence-corrected chi connectivity index (χ3v) is 4.71. The first-order valence-corrected chi connectivity index (χ1v) is 10.0. The third kappa shape index (κ3) is 4.21. The minimum atomic E-state index is -3.77. The quantitative estimate of drug-likeness (QED) is 0.534. The summed E-state index contributed by atoms with van der Waals surface area (Å²) in [4.78, 5) is 37.8. The lowest BCUT2D eigenvalue weighted by molar-refractivity contribution is 0.0822. The lowest BCUT2D eigenvalue weighted by Gasteiger charge is -2.13. The van der Waals surface area contributed by atoms with Crippen LogP contribution in [0.4, 0.5) is 17.2 Å². The van der Waals surface area contributed by atoms with Crippen LogP contribution in [-0.2, 0) is 24.1 Å². The van der Waals surface area contributed by atoms with Crippen molar-refractivity contribution in [3.63, 3.8) is 0 Å². The fourth-order valence-electron chi connectivity index (χ4n) is 2.15. The molecule has 2 aromatic rings. The van der Waals surface area contributed by atoms with Gasteiger partial charge >= 0.3 is 0 Å². The van der Waals surface area contributed by atoms with Gasteiger partial charge in [-0.05, 0) is 15.9 Å². The number of carbonyl (C=O) groups is 1. The molecular formula is C13H18BrN7O5S. The molecule has 0 aliphatic rings. The molecule has 0 atom stereocenters. The second-order valence-corrected chi connectivity index (χ2v) is 8.43. The lowest BCUT2D eigenvalue weighted by atomic mass is 10.3. The Bertz CT molecular complexity index is 1130. The molecule has 14 heteroatoms. The standard InChI is InChI=1S/C13H18BrN7O5S/c1-19(2)13(24)9-8(18-27(5,25)26)10(20(3)16-9)15-7-6(14)12(23)21(4)17-11(7)22/h15,18H,1-5H3,(H,17,22). The molecule has 2 aromatic heterocycles. The summed E-state index contributed by atoms with van der Waals surface area (Å²) in [5, 5.41) is 9.03. The average molecular weight is 464 g/mol. The van der Waals surface area contributed by atoms with Gasteiger partial charge in [-0.1, -0.05) is 0 Å². The highest BCUT2D eigenvalue weighted by Crippen LogP contribution is 2.30. The second-order valence-electron chi connectivity index (χ2n) is 5.89. The number of hydrogen-bond donors (Lipinski definition) is 3. The fourth-order valence-corrected chi connectivity index (χ4v) is 3.26. The number of carbonyl (C=O) groups excluding carboxylic acids is 1. The van der Waals surface area contributed by atoms with Gasteiger partial charge < -0.3 is 10.2 Å². The summed E-state index contributed by atoms with van der Waals surface area (Å²) in [7, 11) is 2.01. The van der Waals surface area contributed by atoms with Crippen LogP contribution in [0.15, 0.2) is 14.1 Å². The van der Waals surface area contributed by atoms with Gasteiger partial charge in [0.1, 0.15) is 15.8 Å². The number of hydrogen-bond acceptors (Lipinski definition) is 7. The summed E-state index contributed by atoms with van der Waals surface area (Å²) < 4.78 is 27.9. The first kappa shape index (κ1) is 20.7. The largest absolute Gasteiger partial charge is 0.343 e. The van der Waals surface area contributed by atoms with E-state index in [1.807, 2.05) is 0 Å². The number of sulfonamides is 1. The summed E-state index contributed by atoms with van der Waals surface area (Å²) in [6.45, 7) is 0. The van der Waals surface area contributed by atoms with Crippen molar-refractivity contribution in [3.8, 4) is 0 Å². The first-order valence-electron chi connectivity index (χ1n) is 7.35. The summed E-state index contributed by atoms with van der Waals surface area (Å²) >= 11 is 3.05. The molecule has 0 aliphatic carbocycles. The van der Waals surface area contributed by atoms with Crippen molar-refractivity contribution < 1.29 is 13.2 Å². The van der Waals surface area contributed by atoms with Gasteiger partial charge in [0.15, 0.2) is 11.5 Å². The molecule has 1 amide bonds. The molecule has 0 fully saturated rings. The highest BCUT2D eigenvalue weighted by molar-refractivity contribution is 9.10. The van der Waals surface area contributed by atoms with E-state index < -0.39 is 27.0 Å². The smallest absolute Gasteiger partial charge is 0.287 e. The summed E-state index contributed by atoms with van der Waals surface area (Å²) in [6.07, 6.45) is 0.911. The Kier molecular flexibility index (Phi) is 5.51. The number of H-pyrrole nitrogens is 1. The Morgan fingerprint density at radius 3 is 2.33 bits per heavy atom. The van der Waals surface area contributed by atoms with Crippen LogP contribution in [0.25, 0.3) is 0 Å². The lowest BCUT2D eigenvalue weighted by Crippen LogP contribution is -2.30. The monoisotopic (exact) mass is 463 g/mol. The summed E-state index contributed by atoms with van der Waals surface area (Å²) in [5.74, 6) is -0.549. The third-order valence-electron chi connectivity index (χ3n) is 3.40. The molecule has 0 saturated heterocycles. The molecule has 27 heavy (non-hydrogen) atoms. The molecule has 3 N–H and O–H groups in total. The highest BCUT2D eigenvalue weighted by atomic mass is 79.9. The Balaban J connectivity index is 2.71. The summed E-state index contributed by atoms with van der Waals surface area (Å²) in [6, 6.07) is 0. The van der Waals surface area contributed by atoms with E-state index in [0.29, 0.717) is 0 Å². The minimum absolute atomic E-state index is 0.00470. The van der Waals surface area contributed by atoms with Crippen LogP contribution in [0.5, 0.6) is 0 Å². The highest BCUT2D eigenvalue weighted by Gasteiger charge is 2.26. The van der Waals surface area contributed by atoms with Crippen molar-refractivity contribution in [1.82, 2.24) is 24.5 Å². The van der Waals surface area contributed by atoms with Crippen LogP contribution in [0.2, 0.25) is 0 Å². The molecule has 2 rings (SSSR count). The maximum atomic E-state index is 12.4. The van der Waals surface area contributed by atoms with Crippen LogP contribution >= 0.6 is 15.9 Å². The number of aromatic amines is 1. The van der Waals surface area contributed by atoms with Gasteiger partial charge in [0.05, 0.1) is 6.26 Å². The number of nitrogens with one attached hydrogen (secondary N) is 3. The predicted molar refractivity (Wildman–Crippen MR) is 103 cm³/mol. The van der Waals surface area contributed by atoms with Gasteiger partial charge in [-0.3, -0.25) is 28.9 Å². The Labute approximate surface area is 162 Å². The number of aryl methyl sites for hydroxylation is 2. The number of anilines is 3. The Morgan fingerprint density at radius 2 is 1.81 bits per heavy atom. The number of halogens is 1. The first-order chi connectivity index (χ1) is 12.3. The zero-order valence-electron chi connectivity index (χ0n) is 15.1. The molecule has 0 aromatic carbocycles. The minimum Gasteiger partial charge on any atom is -0.343 e. The zero-order valence-corrected chi connectivity index (χ0v) is 17.5. The van der Waals surface area contributed by atoms with Crippen molar-refractivity contribution in [2.75, 3.05) is 30.4 Å². The Hall–Kier alpha value is -2.61. The van der Waals surface area contributed by atoms with E-state index in [9.17, 15) is 22.8 Å². The van der Waals surface area contributed by atoms with Crippen LogP contribution in [-0.4, -0.2) is 59.1 Å². The van der Waals surface area contributed by atoms with Crippen LogP contribution in [0.1, 0.15) is 10.5 Å². The van der Waals surface area contributed by atoms with Gasteiger partial charge in [0.25, 0.3) is 17.0 Å². The van der Waals surface area contributed by atoms with Gasteiger partial charge in [0.2, 0.25) is 10.0 Å². The van der Waals surface area contributed by atoms with Crippen molar-refractivity contribution in [2.45, 2.75) is 0 Å². The molecule has 148 valence electrons. The SMILES string of the molecule is CN(C)C(=O)c1nn(C)c(Nc2c(Br)c(=O)n(C)[nH]c2=O)c1NS(C)(=O)=O. The fraction of sp³-hybridized carbons (Fsp3) is 0.385. The van der Waals surface area contributed by atoms with E-state index in [1.54, 1.807) is 0 Å². The number of amides is 1. The van der Waals surface area contributed by atoms with Crippen LogP contribution in [0, 0.1) is 0 Å². The van der Waals surface area contributed by atoms with Gasteiger partial charge in [0, 0.05) is 28.2 Å². The van der Waals surface area contributed by atoms with E-state index in [4.69, 9.17) is 0 Å². The summed E-state index contributed by atoms with van der Waals surface area (Å²) in [5.41, 5.74) is -1.66. The van der Waals surface area contributed by atoms with Crippen molar-refractivity contribution in [2.24, 2.45) is 14.1 Å². The van der Waals surface area contributed by atoms with Crippen molar-refractivity contribution >= 4 is 49.1 Å². The molecule has 2 heterocycles. The van der Waals surface area contributed by atoms with E-state index in [1.165, 1.54) is 37.8 Å². The molecule has 0 bridgehead atoms. The predicted octanol–water partition coefficient (Wildman–Crippen LogP) is -0.613. The van der Waals surface area contributed by atoms with Gasteiger partial charge in [-0.15, -0.1) is 0 Å². The van der Waals surface area contributed by atoms with Crippen molar-refractivity contribution in [3.05, 3.63) is 30.9 Å². The number of aromatic nitrogens is 4. The maximum absolute atomic E-state index is 12.4. The van der Waals surface area contributed by atoms with Crippen LogP contribution < -0.4 is 21.2 Å². The van der Waals surface area contributed by atoms with E-state index >= 15 is 0 Å². The number of rotatable bonds is 5. The normalized spacial score (nSPS) is 11.3. The molecule has 0 unspecified atom stereocenters. The molecule has 0 aliphatic heterocycles. The average Bonchev–Trinajstić information content (AvgIpc) is 2.82. The Morgan fingerprint density at radius 1 is 1.22 bits per heavy atom.